The van der Waals surface area contributed by atoms with Crippen LogP contribution in [0.25, 0.3) is 67.6 Å². The highest BCUT2D eigenvalue weighted by Crippen LogP contribution is 2.38. The van der Waals surface area contributed by atoms with E-state index in [4.69, 9.17) is 9.97 Å². The van der Waals surface area contributed by atoms with Gasteiger partial charge in [-0.2, -0.15) is 0 Å². The van der Waals surface area contributed by atoms with Crippen molar-refractivity contribution >= 4 is 67.8 Å². The molecule has 0 atom stereocenters. The minimum absolute atomic E-state index is 0.919. The monoisotopic (exact) mass is 442 g/mol. The van der Waals surface area contributed by atoms with Crippen molar-refractivity contribution in [1.29, 1.82) is 0 Å². The maximum atomic E-state index is 4.99. The Hall–Kier alpha value is -4.22. The molecule has 0 fully saturated rings. The topological polar surface area (TPSA) is 57.4 Å². The second-order valence-corrected chi connectivity index (χ2v) is 9.11. The van der Waals surface area contributed by atoms with Crippen LogP contribution in [0.4, 0.5) is 0 Å². The summed E-state index contributed by atoms with van der Waals surface area (Å²) >= 11 is 1.76. The fraction of sp³-hybridized carbons (Fsp3) is 0. The normalized spacial score (nSPS) is 12.6. The lowest BCUT2D eigenvalue weighted by Gasteiger charge is -2.03. The Morgan fingerprint density at radius 3 is 1.82 bits per heavy atom. The molecule has 0 saturated heterocycles. The van der Waals surface area contributed by atoms with Crippen LogP contribution in [0.2, 0.25) is 0 Å². The summed E-state index contributed by atoms with van der Waals surface area (Å²) in [6.45, 7) is 0. The number of H-pyrrole nitrogens is 2. The minimum Gasteiger partial charge on any atom is -0.355 e. The predicted molar refractivity (Wildman–Crippen MR) is 140 cm³/mol. The number of aromatic amines is 2. The average Bonchev–Trinajstić information content (AvgIpc) is 3.63. The first-order valence-corrected chi connectivity index (χ1v) is 11.7. The number of fused-ring (bicyclic) bond motifs is 9. The summed E-state index contributed by atoms with van der Waals surface area (Å²) < 4.78 is 1.26. The van der Waals surface area contributed by atoms with Gasteiger partial charge in [0.25, 0.3) is 0 Å². The molecule has 5 heteroatoms. The maximum absolute atomic E-state index is 4.99. The zero-order valence-corrected chi connectivity index (χ0v) is 18.4. The van der Waals surface area contributed by atoms with Gasteiger partial charge < -0.3 is 9.97 Å². The van der Waals surface area contributed by atoms with E-state index in [1.165, 1.54) is 15.6 Å². The first-order valence-electron chi connectivity index (χ1n) is 10.8. The number of hydrogen-bond acceptors (Lipinski definition) is 3. The molecule has 0 radical (unpaired) electrons. The van der Waals surface area contributed by atoms with Gasteiger partial charge in [0, 0.05) is 43.3 Å². The van der Waals surface area contributed by atoms with Crippen molar-refractivity contribution in [3.05, 3.63) is 94.9 Å². The lowest BCUT2D eigenvalue weighted by Crippen LogP contribution is -1.88. The molecule has 8 bridgehead atoms. The lowest BCUT2D eigenvalue weighted by atomic mass is 10.0. The fourth-order valence-electron chi connectivity index (χ4n) is 4.46. The second-order valence-electron chi connectivity index (χ2n) is 8.20. The second kappa shape index (κ2) is 7.15. The molecule has 4 nitrogen and oxygen atoms in total. The van der Waals surface area contributed by atoms with Crippen molar-refractivity contribution in [3.63, 3.8) is 0 Å². The largest absolute Gasteiger partial charge is 0.355 e. The van der Waals surface area contributed by atoms with Gasteiger partial charge in [-0.05, 0) is 78.2 Å². The third-order valence-electron chi connectivity index (χ3n) is 5.97. The summed E-state index contributed by atoms with van der Waals surface area (Å²) in [6.07, 6.45) is 8.32. The van der Waals surface area contributed by atoms with Gasteiger partial charge in [-0.15, -0.1) is 11.3 Å². The van der Waals surface area contributed by atoms with Gasteiger partial charge in [0.15, 0.2) is 0 Å². The van der Waals surface area contributed by atoms with Crippen molar-refractivity contribution in [3.8, 4) is 11.1 Å². The lowest BCUT2D eigenvalue weighted by molar-refractivity contribution is 1.28. The van der Waals surface area contributed by atoms with Crippen molar-refractivity contribution < 1.29 is 0 Å². The van der Waals surface area contributed by atoms with E-state index in [2.05, 4.69) is 106 Å². The molecule has 0 saturated carbocycles. The number of hydrogen-bond donors (Lipinski definition) is 2. The zero-order valence-electron chi connectivity index (χ0n) is 17.5. The number of aromatic nitrogens is 4. The SMILES string of the molecule is C1=Cc2nc1cc1ccc(cc3ccc(cc4nc(c2-c2csc5ccccc25)C=C4)[nH]3)[nH]1. The van der Waals surface area contributed by atoms with E-state index in [1.807, 2.05) is 0 Å². The van der Waals surface area contributed by atoms with Crippen LogP contribution in [0.1, 0.15) is 22.8 Å². The Balaban J connectivity index is 1.61. The van der Waals surface area contributed by atoms with E-state index in [9.17, 15) is 0 Å². The van der Waals surface area contributed by atoms with Crippen LogP contribution in [0.15, 0.2) is 72.1 Å². The smallest absolute Gasteiger partial charge is 0.0738 e. The number of benzene rings is 1. The van der Waals surface area contributed by atoms with Gasteiger partial charge >= 0.3 is 0 Å². The molecule has 0 unspecified atom stereocenters. The molecule has 0 aliphatic carbocycles. The first-order chi connectivity index (χ1) is 16.3. The Labute approximate surface area is 193 Å². The van der Waals surface area contributed by atoms with Crippen LogP contribution in [0.3, 0.4) is 0 Å². The number of nitrogens with zero attached hydrogens (tertiary/aromatic N) is 2. The summed E-state index contributed by atoms with van der Waals surface area (Å²) in [4.78, 5) is 16.9. The van der Waals surface area contributed by atoms with E-state index in [1.54, 1.807) is 11.3 Å². The molecular weight excluding hydrogens is 424 g/mol. The molecule has 1 aromatic carbocycles. The standard InChI is InChI=1S/C28H18N4S/c1-2-4-27-23(3-1)24(16-33-27)28-25-11-9-21(31-25)14-19-7-5-17(29-19)13-18-6-8-20(30-18)15-22-10-12-26(28)32-22/h1-16,29-30H. The summed E-state index contributed by atoms with van der Waals surface area (Å²) in [7, 11) is 0. The van der Waals surface area contributed by atoms with Crippen molar-refractivity contribution in [2.75, 3.05) is 0 Å². The predicted octanol–water partition coefficient (Wildman–Crippen LogP) is 7.54. The van der Waals surface area contributed by atoms with Gasteiger partial charge in [-0.25, -0.2) is 9.97 Å². The van der Waals surface area contributed by atoms with Crippen LogP contribution in [0, 0.1) is 0 Å². The molecule has 0 spiro atoms. The summed E-state index contributed by atoms with van der Waals surface area (Å²) in [5.41, 5.74) is 10.1. The minimum atomic E-state index is 0.919. The fourth-order valence-corrected chi connectivity index (χ4v) is 5.41. The van der Waals surface area contributed by atoms with Crippen molar-refractivity contribution in [2.24, 2.45) is 0 Å². The van der Waals surface area contributed by atoms with E-state index >= 15 is 0 Å². The molecule has 2 aliphatic rings. The Morgan fingerprint density at radius 1 is 0.606 bits per heavy atom. The van der Waals surface area contributed by atoms with Crippen molar-refractivity contribution in [2.45, 2.75) is 0 Å². The van der Waals surface area contributed by atoms with Crippen molar-refractivity contribution in [1.82, 2.24) is 19.9 Å². The molecule has 6 heterocycles. The summed E-state index contributed by atoms with van der Waals surface area (Å²) in [5, 5.41) is 3.45. The van der Waals surface area contributed by atoms with Gasteiger partial charge in [0.2, 0.25) is 0 Å². The Kier molecular flexibility index (Phi) is 3.98. The van der Waals surface area contributed by atoms with E-state index in [0.29, 0.717) is 0 Å². The Bertz CT molecular complexity index is 1690. The number of thiophene rings is 1. The average molecular weight is 443 g/mol. The highest BCUT2D eigenvalue weighted by molar-refractivity contribution is 7.17. The Morgan fingerprint density at radius 2 is 1.18 bits per heavy atom. The summed E-state index contributed by atoms with van der Waals surface area (Å²) in [6, 6.07) is 23.1. The molecule has 2 N–H and O–H groups in total. The van der Waals surface area contributed by atoms with Gasteiger partial charge in [0.1, 0.15) is 0 Å². The third kappa shape index (κ3) is 3.22. The summed E-state index contributed by atoms with van der Waals surface area (Å²) in [5.74, 6) is 0. The molecule has 33 heavy (non-hydrogen) atoms. The van der Waals surface area contributed by atoms with Crippen LogP contribution in [-0.2, 0) is 0 Å². The van der Waals surface area contributed by atoms with Gasteiger partial charge in [0.05, 0.1) is 22.8 Å². The van der Waals surface area contributed by atoms with E-state index in [0.717, 1.165) is 50.4 Å². The third-order valence-corrected chi connectivity index (χ3v) is 6.93. The van der Waals surface area contributed by atoms with Crippen LogP contribution >= 0.6 is 11.3 Å². The highest BCUT2D eigenvalue weighted by Gasteiger charge is 2.17. The molecule has 4 aromatic heterocycles. The van der Waals surface area contributed by atoms with E-state index < -0.39 is 0 Å². The van der Waals surface area contributed by atoms with Crippen LogP contribution in [-0.4, -0.2) is 19.9 Å². The van der Waals surface area contributed by atoms with E-state index in [-0.39, 0.29) is 0 Å². The number of rotatable bonds is 1. The molecule has 0 amide bonds. The molecular formula is C28H18N4S. The maximum Gasteiger partial charge on any atom is 0.0738 e. The van der Waals surface area contributed by atoms with Gasteiger partial charge in [-0.3, -0.25) is 0 Å². The molecule has 7 rings (SSSR count). The van der Waals surface area contributed by atoms with Crippen LogP contribution in [0.5, 0.6) is 0 Å². The van der Waals surface area contributed by atoms with Crippen LogP contribution < -0.4 is 0 Å². The zero-order chi connectivity index (χ0) is 21.8. The molecule has 2 aliphatic heterocycles. The number of nitrogens with one attached hydrogen (secondary N) is 2. The molecule has 156 valence electrons. The molecule has 5 aromatic rings. The first kappa shape index (κ1) is 18.4. The highest BCUT2D eigenvalue weighted by atomic mass is 32.1. The quantitative estimate of drug-likeness (QED) is 0.276. The van der Waals surface area contributed by atoms with Gasteiger partial charge in [-0.1, -0.05) is 18.2 Å².